The number of carbonyl (C=O) groups excluding carboxylic acids is 1. The maximum atomic E-state index is 11.6. The van der Waals surface area contributed by atoms with E-state index in [1.165, 1.54) is 18.9 Å². The molecule has 7 heteroatoms. The van der Waals surface area contributed by atoms with Crippen molar-refractivity contribution in [1.29, 1.82) is 5.26 Å². The third-order valence-electron chi connectivity index (χ3n) is 4.64. The number of nitrogen functional groups attached to an aromatic ring is 1. The maximum Gasteiger partial charge on any atom is 0.337 e. The zero-order valence-electron chi connectivity index (χ0n) is 16.8. The summed E-state index contributed by atoms with van der Waals surface area (Å²) in [5, 5.41) is 20.8. The van der Waals surface area contributed by atoms with Crippen LogP contribution in [0.1, 0.15) is 33.2 Å². The fourth-order valence-electron chi connectivity index (χ4n) is 2.98. The number of methoxy groups -OCH3 is 1. The quantitative estimate of drug-likeness (QED) is 0.233. The summed E-state index contributed by atoms with van der Waals surface area (Å²) in [4.78, 5) is 12.3. The summed E-state index contributed by atoms with van der Waals surface area (Å²) in [7, 11) is 1.31. The molecule has 0 aliphatic carbocycles. The van der Waals surface area contributed by atoms with Gasteiger partial charge in [-0.15, -0.1) is 0 Å². The van der Waals surface area contributed by atoms with Gasteiger partial charge < -0.3 is 21.3 Å². The van der Waals surface area contributed by atoms with Gasteiger partial charge in [0, 0.05) is 10.6 Å². The molecule has 5 N–H and O–H groups in total. The SMILES string of the molecule is COC(=O)c1ccc(C(O)c2cccc(/C(C#N)=C(/N)Sc3ccccc3N)c2)cc1. The first-order valence-electron chi connectivity index (χ1n) is 9.33. The average Bonchev–Trinajstić information content (AvgIpc) is 2.80. The molecule has 0 aliphatic heterocycles. The maximum absolute atomic E-state index is 11.6. The highest BCUT2D eigenvalue weighted by molar-refractivity contribution is 8.03. The molecule has 31 heavy (non-hydrogen) atoms. The molecule has 156 valence electrons. The number of nitriles is 1. The van der Waals surface area contributed by atoms with Crippen LogP contribution < -0.4 is 11.5 Å². The number of benzene rings is 3. The molecule has 1 unspecified atom stereocenters. The van der Waals surface area contributed by atoms with E-state index in [4.69, 9.17) is 11.5 Å². The first-order chi connectivity index (χ1) is 14.9. The number of nitrogens with two attached hydrogens (primary N) is 2. The molecule has 0 fully saturated rings. The number of thioether (sulfide) groups is 1. The van der Waals surface area contributed by atoms with E-state index in [2.05, 4.69) is 10.8 Å². The summed E-state index contributed by atoms with van der Waals surface area (Å²) in [6.45, 7) is 0. The number of carbonyl (C=O) groups is 1. The van der Waals surface area contributed by atoms with E-state index in [9.17, 15) is 15.2 Å². The summed E-state index contributed by atoms with van der Waals surface area (Å²) in [5.41, 5.74) is 15.2. The van der Waals surface area contributed by atoms with Crippen LogP contribution in [0.4, 0.5) is 5.69 Å². The van der Waals surface area contributed by atoms with Crippen molar-refractivity contribution in [3.05, 3.63) is 100 Å². The summed E-state index contributed by atoms with van der Waals surface area (Å²) >= 11 is 1.22. The number of hydrogen-bond acceptors (Lipinski definition) is 7. The van der Waals surface area contributed by atoms with E-state index in [-0.39, 0.29) is 0 Å². The highest BCUT2D eigenvalue weighted by Gasteiger charge is 2.15. The molecule has 0 bridgehead atoms. The largest absolute Gasteiger partial charge is 0.465 e. The van der Waals surface area contributed by atoms with E-state index in [1.54, 1.807) is 54.6 Å². The number of hydrogen-bond donors (Lipinski definition) is 3. The minimum absolute atomic E-state index is 0.295. The van der Waals surface area contributed by atoms with Crippen LogP contribution in [0.5, 0.6) is 0 Å². The van der Waals surface area contributed by atoms with E-state index in [0.29, 0.717) is 38.5 Å². The second-order valence-electron chi connectivity index (χ2n) is 6.63. The number of esters is 1. The van der Waals surface area contributed by atoms with Crippen LogP contribution in [0.3, 0.4) is 0 Å². The molecule has 0 aromatic heterocycles. The van der Waals surface area contributed by atoms with Gasteiger partial charge in [0.05, 0.1) is 23.3 Å². The number of ether oxygens (including phenoxy) is 1. The van der Waals surface area contributed by atoms with Crippen LogP contribution in [0.15, 0.2) is 82.7 Å². The highest BCUT2D eigenvalue weighted by atomic mass is 32.2. The first-order valence-corrected chi connectivity index (χ1v) is 10.1. The number of allylic oxidation sites excluding steroid dienone is 1. The highest BCUT2D eigenvalue weighted by Crippen LogP contribution is 2.33. The lowest BCUT2D eigenvalue weighted by atomic mass is 9.97. The Hall–Kier alpha value is -3.73. The van der Waals surface area contributed by atoms with Gasteiger partial charge in [-0.05, 0) is 47.0 Å². The molecule has 0 saturated carbocycles. The van der Waals surface area contributed by atoms with Crippen LogP contribution in [0.25, 0.3) is 5.57 Å². The summed E-state index contributed by atoms with van der Waals surface area (Å²) in [6, 6.07) is 22.9. The lowest BCUT2D eigenvalue weighted by molar-refractivity contribution is 0.0600. The van der Waals surface area contributed by atoms with Crippen molar-refractivity contribution in [3.8, 4) is 6.07 Å². The van der Waals surface area contributed by atoms with E-state index in [1.807, 2.05) is 18.2 Å². The molecule has 0 saturated heterocycles. The van der Waals surface area contributed by atoms with Crippen molar-refractivity contribution in [2.75, 3.05) is 12.8 Å². The van der Waals surface area contributed by atoms with Crippen molar-refractivity contribution in [3.63, 3.8) is 0 Å². The molecule has 0 radical (unpaired) electrons. The van der Waals surface area contributed by atoms with Crippen LogP contribution in [0.2, 0.25) is 0 Å². The zero-order chi connectivity index (χ0) is 22.4. The lowest BCUT2D eigenvalue weighted by Crippen LogP contribution is -2.04. The van der Waals surface area contributed by atoms with Gasteiger partial charge in [-0.2, -0.15) is 5.26 Å². The number of anilines is 1. The molecule has 3 aromatic rings. The van der Waals surface area contributed by atoms with E-state index in [0.717, 1.165) is 4.90 Å². The number of aliphatic hydroxyl groups excluding tert-OH is 1. The molecule has 3 aromatic carbocycles. The summed E-state index contributed by atoms with van der Waals surface area (Å²) < 4.78 is 4.69. The molecule has 0 spiro atoms. The number of rotatable bonds is 6. The van der Waals surface area contributed by atoms with Crippen molar-refractivity contribution in [1.82, 2.24) is 0 Å². The van der Waals surface area contributed by atoms with Crippen molar-refractivity contribution in [2.45, 2.75) is 11.0 Å². The van der Waals surface area contributed by atoms with Crippen LogP contribution in [-0.4, -0.2) is 18.2 Å². The Labute approximate surface area is 184 Å². The Morgan fingerprint density at radius 2 is 1.74 bits per heavy atom. The van der Waals surface area contributed by atoms with Crippen LogP contribution >= 0.6 is 11.8 Å². The molecule has 0 amide bonds. The lowest BCUT2D eigenvalue weighted by Gasteiger charge is -2.14. The average molecular weight is 432 g/mol. The standard InChI is InChI=1S/C24H21N3O3S/c1-30-24(29)16-11-9-15(10-12-16)22(28)18-6-4-5-17(13-18)19(14-25)23(27)31-21-8-3-2-7-20(21)26/h2-13,22,28H,26-27H2,1H3/b23-19-. The smallest absolute Gasteiger partial charge is 0.337 e. The third kappa shape index (κ3) is 5.07. The molecule has 0 aliphatic rings. The van der Waals surface area contributed by atoms with Gasteiger partial charge in [-0.1, -0.05) is 54.2 Å². The second-order valence-corrected chi connectivity index (χ2v) is 7.72. The van der Waals surface area contributed by atoms with Crippen LogP contribution in [0, 0.1) is 11.3 Å². The van der Waals surface area contributed by atoms with E-state index >= 15 is 0 Å². The molecule has 3 rings (SSSR count). The molecule has 6 nitrogen and oxygen atoms in total. The minimum atomic E-state index is -0.940. The van der Waals surface area contributed by atoms with Crippen molar-refractivity contribution in [2.24, 2.45) is 5.73 Å². The Morgan fingerprint density at radius 3 is 2.39 bits per heavy atom. The Morgan fingerprint density at radius 1 is 1.03 bits per heavy atom. The normalized spacial score (nSPS) is 12.4. The fourth-order valence-corrected chi connectivity index (χ4v) is 3.82. The van der Waals surface area contributed by atoms with Gasteiger partial charge in [0.15, 0.2) is 0 Å². The Bertz CT molecular complexity index is 1170. The topological polar surface area (TPSA) is 122 Å². The van der Waals surface area contributed by atoms with Gasteiger partial charge in [-0.25, -0.2) is 4.79 Å². The molecule has 0 heterocycles. The zero-order valence-corrected chi connectivity index (χ0v) is 17.6. The number of aliphatic hydroxyl groups is 1. The first kappa shape index (κ1) is 22.0. The van der Waals surface area contributed by atoms with Gasteiger partial charge in [0.1, 0.15) is 12.2 Å². The minimum Gasteiger partial charge on any atom is -0.465 e. The van der Waals surface area contributed by atoms with Crippen molar-refractivity contribution >= 4 is 29.0 Å². The third-order valence-corrected chi connectivity index (χ3v) is 5.65. The predicted octanol–water partition coefficient (Wildman–Crippen LogP) is 4.08. The van der Waals surface area contributed by atoms with Crippen molar-refractivity contribution < 1.29 is 14.6 Å². The molecular formula is C24H21N3O3S. The predicted molar refractivity (Wildman–Crippen MR) is 122 cm³/mol. The summed E-state index contributed by atoms with van der Waals surface area (Å²) in [6.07, 6.45) is -0.940. The number of nitrogens with zero attached hydrogens (tertiary/aromatic N) is 1. The summed E-state index contributed by atoms with van der Waals surface area (Å²) in [5.74, 6) is -0.445. The molecule has 1 atom stereocenters. The Kier molecular flexibility index (Phi) is 6.98. The number of para-hydroxylation sites is 1. The Balaban J connectivity index is 1.89. The van der Waals surface area contributed by atoms with Gasteiger partial charge in [-0.3, -0.25) is 0 Å². The fraction of sp³-hybridized carbons (Fsp3) is 0.0833. The second kappa shape index (κ2) is 9.85. The molecular weight excluding hydrogens is 410 g/mol. The van der Waals surface area contributed by atoms with Gasteiger partial charge in [0.2, 0.25) is 0 Å². The van der Waals surface area contributed by atoms with Gasteiger partial charge in [0.25, 0.3) is 0 Å². The van der Waals surface area contributed by atoms with E-state index < -0.39 is 12.1 Å². The van der Waals surface area contributed by atoms with Crippen LogP contribution in [-0.2, 0) is 4.74 Å². The van der Waals surface area contributed by atoms with Gasteiger partial charge >= 0.3 is 5.97 Å². The monoisotopic (exact) mass is 431 g/mol.